The number of fused-ring (bicyclic) bond motifs is 3. The number of aromatic carboxylic acids is 1. The summed E-state index contributed by atoms with van der Waals surface area (Å²) < 4.78 is 0. The fourth-order valence-corrected chi connectivity index (χ4v) is 3.93. The van der Waals surface area contributed by atoms with E-state index in [0.717, 1.165) is 45.5 Å². The number of carbonyl (C=O) groups is 1. The summed E-state index contributed by atoms with van der Waals surface area (Å²) in [7, 11) is 0. The van der Waals surface area contributed by atoms with Crippen LogP contribution in [0.1, 0.15) is 38.3 Å². The molecule has 0 fully saturated rings. The summed E-state index contributed by atoms with van der Waals surface area (Å²) in [5.41, 5.74) is 9.19. The largest absolute Gasteiger partial charge is 0.478 e. The first-order chi connectivity index (χ1) is 12.0. The van der Waals surface area contributed by atoms with Crippen LogP contribution >= 0.6 is 0 Å². The Balaban J connectivity index is 2.09. The molecule has 25 heavy (non-hydrogen) atoms. The van der Waals surface area contributed by atoms with Gasteiger partial charge in [-0.25, -0.2) is 4.79 Å². The lowest BCUT2D eigenvalue weighted by atomic mass is 9.90. The molecule has 0 amide bonds. The van der Waals surface area contributed by atoms with E-state index in [9.17, 15) is 9.90 Å². The third-order valence-corrected chi connectivity index (χ3v) is 4.84. The van der Waals surface area contributed by atoms with E-state index >= 15 is 0 Å². The third-order valence-electron chi connectivity index (χ3n) is 4.84. The number of benzene rings is 2. The van der Waals surface area contributed by atoms with Crippen LogP contribution in [0.5, 0.6) is 0 Å². The molecule has 0 atom stereocenters. The van der Waals surface area contributed by atoms with Gasteiger partial charge in [-0.1, -0.05) is 53.6 Å². The van der Waals surface area contributed by atoms with Gasteiger partial charge in [-0.2, -0.15) is 0 Å². The van der Waals surface area contributed by atoms with Crippen LogP contribution in [0.25, 0.3) is 22.4 Å². The molecule has 2 aromatic carbocycles. The van der Waals surface area contributed by atoms with Gasteiger partial charge in [-0.05, 0) is 37.5 Å². The van der Waals surface area contributed by atoms with Gasteiger partial charge in [-0.3, -0.25) is 4.98 Å². The number of nitrogens with zero attached hydrogens (tertiary/aromatic N) is 1. The average Bonchev–Trinajstić information content (AvgIpc) is 2.90. The molecular weight excluding hydrogens is 310 g/mol. The van der Waals surface area contributed by atoms with E-state index in [0.29, 0.717) is 11.3 Å². The summed E-state index contributed by atoms with van der Waals surface area (Å²) in [5, 5.41) is 9.85. The predicted octanol–water partition coefficient (Wildman–Crippen LogP) is 4.94. The second-order valence-electron chi connectivity index (χ2n) is 6.79. The summed E-state index contributed by atoms with van der Waals surface area (Å²) in [5.74, 6) is -0.919. The Morgan fingerprint density at radius 3 is 2.40 bits per heavy atom. The molecule has 0 radical (unpaired) electrons. The molecule has 3 nitrogen and oxygen atoms in total. The molecule has 0 unspecified atom stereocenters. The Hall–Kier alpha value is -2.94. The minimum absolute atomic E-state index is 0.316. The normalized spacial score (nSPS) is 12.0. The van der Waals surface area contributed by atoms with Crippen molar-refractivity contribution in [3.05, 3.63) is 76.0 Å². The molecule has 3 heteroatoms. The molecule has 1 aliphatic carbocycles. The monoisotopic (exact) mass is 329 g/mol. The maximum Gasteiger partial charge on any atom is 0.338 e. The van der Waals surface area contributed by atoms with Gasteiger partial charge in [0.25, 0.3) is 0 Å². The van der Waals surface area contributed by atoms with Gasteiger partial charge in [0.2, 0.25) is 0 Å². The number of aromatic nitrogens is 1. The highest BCUT2D eigenvalue weighted by Gasteiger charge is 2.29. The molecule has 124 valence electrons. The molecule has 0 aliphatic heterocycles. The van der Waals surface area contributed by atoms with E-state index in [1.54, 1.807) is 6.92 Å². The van der Waals surface area contributed by atoms with Crippen molar-refractivity contribution in [3.63, 3.8) is 0 Å². The van der Waals surface area contributed by atoms with Crippen molar-refractivity contribution < 1.29 is 9.90 Å². The van der Waals surface area contributed by atoms with Crippen molar-refractivity contribution in [2.24, 2.45) is 0 Å². The fourth-order valence-electron chi connectivity index (χ4n) is 3.93. The Labute approximate surface area is 147 Å². The van der Waals surface area contributed by atoms with Crippen LogP contribution < -0.4 is 0 Å². The summed E-state index contributed by atoms with van der Waals surface area (Å²) in [6.07, 6.45) is 0.724. The van der Waals surface area contributed by atoms with E-state index in [1.807, 2.05) is 26.0 Å². The van der Waals surface area contributed by atoms with Gasteiger partial charge in [0.15, 0.2) is 0 Å². The van der Waals surface area contributed by atoms with E-state index in [2.05, 4.69) is 35.3 Å². The summed E-state index contributed by atoms with van der Waals surface area (Å²) in [6.45, 7) is 5.87. The second kappa shape index (κ2) is 5.55. The second-order valence-corrected chi connectivity index (χ2v) is 6.79. The van der Waals surface area contributed by atoms with Crippen LogP contribution in [0.3, 0.4) is 0 Å². The molecule has 3 aromatic rings. The lowest BCUT2D eigenvalue weighted by Crippen LogP contribution is -2.08. The smallest absolute Gasteiger partial charge is 0.338 e. The minimum Gasteiger partial charge on any atom is -0.478 e. The van der Waals surface area contributed by atoms with Gasteiger partial charge in [0.1, 0.15) is 0 Å². The maximum atomic E-state index is 12.0. The Morgan fingerprint density at radius 1 is 1.04 bits per heavy atom. The van der Waals surface area contributed by atoms with Crippen molar-refractivity contribution >= 4 is 5.97 Å². The first-order valence-electron chi connectivity index (χ1n) is 8.39. The molecule has 0 saturated heterocycles. The molecule has 1 aliphatic rings. The summed E-state index contributed by atoms with van der Waals surface area (Å²) in [6, 6.07) is 14.4. The van der Waals surface area contributed by atoms with E-state index < -0.39 is 5.97 Å². The lowest BCUT2D eigenvalue weighted by Gasteiger charge is -2.16. The maximum absolute atomic E-state index is 12.0. The number of hydrogen-bond acceptors (Lipinski definition) is 2. The van der Waals surface area contributed by atoms with E-state index in [-0.39, 0.29) is 0 Å². The highest BCUT2D eigenvalue weighted by molar-refractivity contribution is 6.00. The van der Waals surface area contributed by atoms with Crippen LogP contribution in [0.4, 0.5) is 0 Å². The zero-order chi connectivity index (χ0) is 17.7. The number of carboxylic acids is 1. The predicted molar refractivity (Wildman–Crippen MR) is 99.1 cm³/mol. The van der Waals surface area contributed by atoms with Crippen molar-refractivity contribution in [2.75, 3.05) is 0 Å². The molecule has 0 saturated carbocycles. The van der Waals surface area contributed by atoms with Crippen molar-refractivity contribution in [2.45, 2.75) is 27.2 Å². The average molecular weight is 329 g/mol. The quantitative estimate of drug-likeness (QED) is 0.566. The number of carboxylic acid groups (broad SMARTS) is 1. The van der Waals surface area contributed by atoms with Crippen LogP contribution in [0.15, 0.2) is 42.5 Å². The Kier molecular flexibility index (Phi) is 3.46. The first-order valence-corrected chi connectivity index (χ1v) is 8.39. The molecule has 1 N–H and O–H groups in total. The summed E-state index contributed by atoms with van der Waals surface area (Å²) >= 11 is 0. The number of aryl methyl sites for hydroxylation is 3. The van der Waals surface area contributed by atoms with Crippen molar-refractivity contribution in [3.8, 4) is 22.4 Å². The van der Waals surface area contributed by atoms with Crippen LogP contribution in [0, 0.1) is 20.8 Å². The highest BCUT2D eigenvalue weighted by Crippen LogP contribution is 2.43. The molecule has 4 rings (SSSR count). The fraction of sp³-hybridized carbons (Fsp3) is 0.182. The Morgan fingerprint density at radius 2 is 1.72 bits per heavy atom. The zero-order valence-electron chi connectivity index (χ0n) is 14.6. The van der Waals surface area contributed by atoms with Crippen LogP contribution in [-0.2, 0) is 6.42 Å². The summed E-state index contributed by atoms with van der Waals surface area (Å²) in [4.78, 5) is 16.7. The first kappa shape index (κ1) is 15.6. The molecule has 0 spiro atoms. The molecular formula is C22H19NO2. The minimum atomic E-state index is -0.919. The zero-order valence-corrected chi connectivity index (χ0v) is 14.6. The molecule has 1 aromatic heterocycles. The van der Waals surface area contributed by atoms with Gasteiger partial charge in [0.05, 0.1) is 17.0 Å². The van der Waals surface area contributed by atoms with Gasteiger partial charge < -0.3 is 5.11 Å². The van der Waals surface area contributed by atoms with Crippen molar-refractivity contribution in [1.29, 1.82) is 0 Å². The van der Waals surface area contributed by atoms with E-state index in [1.165, 1.54) is 5.56 Å². The van der Waals surface area contributed by atoms with E-state index in [4.69, 9.17) is 0 Å². The number of rotatable bonds is 2. The standard InChI is InChI=1S/C22H19NO2/c1-12-8-13(2)10-16(9-12)20-18-11-15-6-4-5-7-17(15)21(18)23-14(3)19(20)22(24)25/h4-10H,11H2,1-3H3,(H,24,25). The molecule has 1 heterocycles. The third kappa shape index (κ3) is 2.43. The van der Waals surface area contributed by atoms with Crippen LogP contribution in [0.2, 0.25) is 0 Å². The van der Waals surface area contributed by atoms with Gasteiger partial charge >= 0.3 is 5.97 Å². The Bertz CT molecular complexity index is 1010. The van der Waals surface area contributed by atoms with Gasteiger partial charge in [0, 0.05) is 17.5 Å². The number of pyridine rings is 1. The van der Waals surface area contributed by atoms with Gasteiger partial charge in [-0.15, -0.1) is 0 Å². The SMILES string of the molecule is Cc1cc(C)cc(-c2c3c(nc(C)c2C(=O)O)-c2ccccc2C3)c1. The van der Waals surface area contributed by atoms with Crippen molar-refractivity contribution in [1.82, 2.24) is 4.98 Å². The number of hydrogen-bond donors (Lipinski definition) is 1. The highest BCUT2D eigenvalue weighted by atomic mass is 16.4. The topological polar surface area (TPSA) is 50.2 Å². The van der Waals surface area contributed by atoms with Crippen LogP contribution in [-0.4, -0.2) is 16.1 Å². The molecule has 0 bridgehead atoms. The lowest BCUT2D eigenvalue weighted by molar-refractivity contribution is 0.0696.